The van der Waals surface area contributed by atoms with Crippen molar-refractivity contribution in [3.8, 4) is 0 Å². The van der Waals surface area contributed by atoms with Crippen molar-refractivity contribution in [1.29, 1.82) is 0 Å². The minimum Gasteiger partial charge on any atom is -0.305 e. The molecule has 6 nitrogen and oxygen atoms in total. The number of pyridine rings is 1. The maximum Gasteiger partial charge on any atom is 0.417 e. The summed E-state index contributed by atoms with van der Waals surface area (Å²) in [5.41, 5.74) is -0.444. The highest BCUT2D eigenvalue weighted by atomic mass is 35.5. The number of hydrogen-bond acceptors (Lipinski definition) is 5. The van der Waals surface area contributed by atoms with Crippen molar-refractivity contribution in [3.05, 3.63) is 39.7 Å². The van der Waals surface area contributed by atoms with Crippen LogP contribution < -0.4 is 5.32 Å². The molecule has 1 N–H and O–H groups in total. The van der Waals surface area contributed by atoms with Crippen LogP contribution in [-0.2, 0) is 23.8 Å². The zero-order chi connectivity index (χ0) is 18.2. The monoisotopic (exact) mass is 389 g/mol. The number of aryl methyl sites for hydroxylation is 1. The molecule has 3 aromatic heterocycles. The third-order valence-corrected chi connectivity index (χ3v) is 4.50. The van der Waals surface area contributed by atoms with Gasteiger partial charge in [0.25, 0.3) is 0 Å². The molecule has 0 radical (unpaired) electrons. The lowest BCUT2D eigenvalue weighted by Crippen LogP contribution is -2.14. The Balaban J connectivity index is 1.79. The zero-order valence-corrected chi connectivity index (χ0v) is 14.3. The zero-order valence-electron chi connectivity index (χ0n) is 12.8. The fraction of sp³-hybridized carbons (Fsp3) is 0.286. The van der Waals surface area contributed by atoms with Crippen LogP contribution in [0, 0.1) is 0 Å². The molecule has 0 aliphatic rings. The van der Waals surface area contributed by atoms with Crippen molar-refractivity contribution in [1.82, 2.24) is 19.6 Å². The SMILES string of the molecule is CCc1nnc(NC(=O)Cc2cn3cc(C(F)(F)F)cc(Cl)c3n2)s1. The van der Waals surface area contributed by atoms with E-state index in [1.54, 1.807) is 0 Å². The van der Waals surface area contributed by atoms with Crippen LogP contribution in [0.5, 0.6) is 0 Å². The third kappa shape index (κ3) is 3.90. The van der Waals surface area contributed by atoms with Crippen LogP contribution in [0.25, 0.3) is 5.65 Å². The number of imidazole rings is 1. The molecule has 132 valence electrons. The quantitative estimate of drug-likeness (QED) is 0.740. The van der Waals surface area contributed by atoms with E-state index < -0.39 is 17.6 Å². The molecule has 0 unspecified atom stereocenters. The molecule has 0 aliphatic heterocycles. The lowest BCUT2D eigenvalue weighted by molar-refractivity contribution is -0.137. The van der Waals surface area contributed by atoms with Gasteiger partial charge in [-0.15, -0.1) is 10.2 Å². The highest BCUT2D eigenvalue weighted by molar-refractivity contribution is 7.15. The summed E-state index contributed by atoms with van der Waals surface area (Å²) in [7, 11) is 0. The van der Waals surface area contributed by atoms with Gasteiger partial charge in [0, 0.05) is 12.4 Å². The van der Waals surface area contributed by atoms with E-state index in [0.29, 0.717) is 17.2 Å². The van der Waals surface area contributed by atoms with E-state index in [1.807, 2.05) is 6.92 Å². The van der Waals surface area contributed by atoms with Gasteiger partial charge < -0.3 is 9.72 Å². The van der Waals surface area contributed by atoms with E-state index in [9.17, 15) is 18.0 Å². The molecule has 1 amide bonds. The summed E-state index contributed by atoms with van der Waals surface area (Å²) in [4.78, 5) is 16.1. The number of nitrogens with zero attached hydrogens (tertiary/aromatic N) is 4. The number of amides is 1. The Morgan fingerprint density at radius 2 is 2.12 bits per heavy atom. The number of carbonyl (C=O) groups excluding carboxylic acids is 1. The number of halogens is 4. The topological polar surface area (TPSA) is 72.2 Å². The number of aromatic nitrogens is 4. The second kappa shape index (κ2) is 6.60. The average molecular weight is 390 g/mol. The molecule has 0 bridgehead atoms. The van der Waals surface area contributed by atoms with E-state index >= 15 is 0 Å². The van der Waals surface area contributed by atoms with Crippen LogP contribution in [0.3, 0.4) is 0 Å². The van der Waals surface area contributed by atoms with Crippen LogP contribution in [0.1, 0.15) is 23.2 Å². The van der Waals surface area contributed by atoms with Crippen LogP contribution in [0.2, 0.25) is 5.02 Å². The van der Waals surface area contributed by atoms with Crippen LogP contribution >= 0.6 is 22.9 Å². The molecule has 0 aromatic carbocycles. The van der Waals surface area contributed by atoms with Gasteiger partial charge in [-0.25, -0.2) is 4.98 Å². The first-order valence-corrected chi connectivity index (χ1v) is 8.32. The summed E-state index contributed by atoms with van der Waals surface area (Å²) in [6.45, 7) is 1.92. The summed E-state index contributed by atoms with van der Waals surface area (Å²) in [6.07, 6.45) is -1.71. The van der Waals surface area contributed by atoms with Crippen molar-refractivity contribution in [2.45, 2.75) is 25.9 Å². The normalized spacial score (nSPS) is 11.9. The van der Waals surface area contributed by atoms with Gasteiger partial charge >= 0.3 is 6.18 Å². The van der Waals surface area contributed by atoms with Gasteiger partial charge in [0.05, 0.1) is 22.7 Å². The summed E-state index contributed by atoms with van der Waals surface area (Å²) in [5.74, 6) is -0.394. The van der Waals surface area contributed by atoms with Crippen molar-refractivity contribution in [2.24, 2.45) is 0 Å². The minimum absolute atomic E-state index is 0.125. The molecule has 0 fully saturated rings. The van der Waals surface area contributed by atoms with Gasteiger partial charge in [-0.1, -0.05) is 29.9 Å². The number of carbonyl (C=O) groups is 1. The van der Waals surface area contributed by atoms with E-state index in [4.69, 9.17) is 11.6 Å². The van der Waals surface area contributed by atoms with E-state index in [2.05, 4.69) is 20.5 Å². The first-order valence-electron chi connectivity index (χ1n) is 7.13. The van der Waals surface area contributed by atoms with Gasteiger partial charge in [-0.3, -0.25) is 4.79 Å². The molecular formula is C14H11ClF3N5OS. The van der Waals surface area contributed by atoms with Crippen molar-refractivity contribution >= 4 is 39.6 Å². The Bertz CT molecular complexity index is 936. The van der Waals surface area contributed by atoms with Crippen molar-refractivity contribution in [3.63, 3.8) is 0 Å². The molecule has 0 spiro atoms. The standard InChI is InChI=1S/C14H11ClF3N5OS/c1-2-11-21-22-13(25-11)20-10(24)4-8-6-23-5-7(14(16,17)18)3-9(15)12(23)19-8/h3,5-6H,2,4H2,1H3,(H,20,22,24). The largest absolute Gasteiger partial charge is 0.417 e. The lowest BCUT2D eigenvalue weighted by atomic mass is 10.3. The lowest BCUT2D eigenvalue weighted by Gasteiger charge is -2.07. The Labute approximate surface area is 148 Å². The highest BCUT2D eigenvalue weighted by Gasteiger charge is 2.32. The molecule has 3 aromatic rings. The molecule has 0 saturated heterocycles. The van der Waals surface area contributed by atoms with Crippen LogP contribution in [0.15, 0.2) is 18.5 Å². The van der Waals surface area contributed by atoms with Gasteiger partial charge in [-0.05, 0) is 12.5 Å². The average Bonchev–Trinajstić information content (AvgIpc) is 3.12. The Hall–Kier alpha value is -2.20. The number of fused-ring (bicyclic) bond motifs is 1. The van der Waals surface area contributed by atoms with Gasteiger partial charge in [0.2, 0.25) is 11.0 Å². The van der Waals surface area contributed by atoms with Gasteiger partial charge in [-0.2, -0.15) is 13.2 Å². The van der Waals surface area contributed by atoms with E-state index in [1.165, 1.54) is 17.5 Å². The van der Waals surface area contributed by atoms with Gasteiger partial charge in [0.15, 0.2) is 5.65 Å². The molecule has 25 heavy (non-hydrogen) atoms. The summed E-state index contributed by atoms with van der Waals surface area (Å²) >= 11 is 7.12. The Kier molecular flexibility index (Phi) is 4.65. The number of alkyl halides is 3. The van der Waals surface area contributed by atoms with Crippen molar-refractivity contribution < 1.29 is 18.0 Å². The predicted octanol–water partition coefficient (Wildman–Crippen LogP) is 3.60. The highest BCUT2D eigenvalue weighted by Crippen LogP contribution is 2.32. The number of nitrogens with one attached hydrogen (secondary N) is 1. The maximum absolute atomic E-state index is 12.8. The first kappa shape index (κ1) is 17.6. The minimum atomic E-state index is -4.52. The van der Waals surface area contributed by atoms with Crippen molar-refractivity contribution in [2.75, 3.05) is 5.32 Å². The fourth-order valence-electron chi connectivity index (χ4n) is 2.12. The fourth-order valence-corrected chi connectivity index (χ4v) is 3.08. The smallest absolute Gasteiger partial charge is 0.305 e. The molecule has 3 rings (SSSR count). The van der Waals surface area contributed by atoms with Crippen LogP contribution in [0.4, 0.5) is 18.3 Å². The number of rotatable bonds is 4. The van der Waals surface area contributed by atoms with E-state index in [-0.39, 0.29) is 17.1 Å². The molecule has 0 atom stereocenters. The van der Waals surface area contributed by atoms with Gasteiger partial charge in [0.1, 0.15) is 5.01 Å². The van der Waals surface area contributed by atoms with Crippen LogP contribution in [-0.4, -0.2) is 25.5 Å². The second-order valence-electron chi connectivity index (χ2n) is 5.12. The summed E-state index contributed by atoms with van der Waals surface area (Å²) < 4.78 is 39.6. The Morgan fingerprint density at radius 3 is 2.76 bits per heavy atom. The molecule has 11 heteroatoms. The molecular weight excluding hydrogens is 379 g/mol. The Morgan fingerprint density at radius 1 is 1.36 bits per heavy atom. The second-order valence-corrected chi connectivity index (χ2v) is 6.59. The first-order chi connectivity index (χ1) is 11.8. The number of hydrogen-bond donors (Lipinski definition) is 1. The molecule has 0 aliphatic carbocycles. The van der Waals surface area contributed by atoms with E-state index in [0.717, 1.165) is 21.7 Å². The maximum atomic E-state index is 12.8. The number of anilines is 1. The third-order valence-electron chi connectivity index (χ3n) is 3.24. The molecule has 0 saturated carbocycles. The summed E-state index contributed by atoms with van der Waals surface area (Å²) in [6, 6.07) is 0.807. The molecule has 3 heterocycles. The summed E-state index contributed by atoms with van der Waals surface area (Å²) in [5, 5.41) is 11.3. The predicted molar refractivity (Wildman–Crippen MR) is 86.8 cm³/mol.